The monoisotopic (exact) mass is 259 g/mol. The maximum Gasteiger partial charge on any atom is 0.261 e. The van der Waals surface area contributed by atoms with Gasteiger partial charge in [-0.2, -0.15) is 4.98 Å². The molecule has 3 rings (SSSR count). The molecule has 0 fully saturated rings. The fourth-order valence-corrected chi connectivity index (χ4v) is 1.61. The van der Waals surface area contributed by atoms with E-state index in [4.69, 9.17) is 4.52 Å². The highest BCUT2D eigenvalue weighted by atomic mass is 19.2. The zero-order valence-corrected chi connectivity index (χ0v) is 9.55. The molecule has 1 aromatic carbocycles. The van der Waals surface area contributed by atoms with Gasteiger partial charge in [-0.25, -0.2) is 8.78 Å². The van der Waals surface area contributed by atoms with Gasteiger partial charge in [0.25, 0.3) is 5.89 Å². The van der Waals surface area contributed by atoms with Gasteiger partial charge >= 0.3 is 0 Å². The molecule has 19 heavy (non-hydrogen) atoms. The molecule has 0 aliphatic carbocycles. The summed E-state index contributed by atoms with van der Waals surface area (Å²) in [7, 11) is 0. The normalized spacial score (nSPS) is 10.6. The van der Waals surface area contributed by atoms with Crippen LogP contribution < -0.4 is 0 Å². The average molecular weight is 259 g/mol. The van der Waals surface area contributed by atoms with E-state index >= 15 is 0 Å². The molecule has 0 saturated carbocycles. The van der Waals surface area contributed by atoms with E-state index in [2.05, 4.69) is 15.1 Å². The molecule has 0 amide bonds. The van der Waals surface area contributed by atoms with Crippen LogP contribution in [0.1, 0.15) is 0 Å². The van der Waals surface area contributed by atoms with Crippen molar-refractivity contribution in [3.05, 3.63) is 54.4 Å². The topological polar surface area (TPSA) is 51.8 Å². The second-order valence-corrected chi connectivity index (χ2v) is 3.77. The maximum absolute atomic E-state index is 13.6. The number of nitrogens with zero attached hydrogens (tertiary/aromatic N) is 3. The van der Waals surface area contributed by atoms with Gasteiger partial charge in [-0.1, -0.05) is 11.2 Å². The van der Waals surface area contributed by atoms with Gasteiger partial charge in [-0.15, -0.1) is 0 Å². The zero-order valence-electron chi connectivity index (χ0n) is 9.55. The molecule has 0 aliphatic rings. The van der Waals surface area contributed by atoms with Gasteiger partial charge in [0.2, 0.25) is 5.82 Å². The largest absolute Gasteiger partial charge is 0.334 e. The van der Waals surface area contributed by atoms with Gasteiger partial charge in [0.15, 0.2) is 11.6 Å². The average Bonchev–Trinajstić information content (AvgIpc) is 2.92. The minimum atomic E-state index is -1.01. The smallest absolute Gasteiger partial charge is 0.261 e. The van der Waals surface area contributed by atoms with Gasteiger partial charge in [-0.3, -0.25) is 4.98 Å². The Morgan fingerprint density at radius 3 is 2.74 bits per heavy atom. The number of rotatable bonds is 2. The van der Waals surface area contributed by atoms with Crippen molar-refractivity contribution in [1.29, 1.82) is 0 Å². The SMILES string of the molecule is Fc1cccc(-c2nc(-c3cccnc3)no2)c1F. The van der Waals surface area contributed by atoms with Crippen LogP contribution in [0.25, 0.3) is 22.8 Å². The Morgan fingerprint density at radius 1 is 1.05 bits per heavy atom. The minimum absolute atomic E-state index is 0.0670. The summed E-state index contributed by atoms with van der Waals surface area (Å²) >= 11 is 0. The predicted molar refractivity (Wildman–Crippen MR) is 62.9 cm³/mol. The molecule has 0 bridgehead atoms. The Labute approximate surface area is 106 Å². The number of pyridine rings is 1. The molecule has 2 heterocycles. The van der Waals surface area contributed by atoms with Crippen LogP contribution >= 0.6 is 0 Å². The first kappa shape index (κ1) is 11.5. The number of halogens is 2. The second-order valence-electron chi connectivity index (χ2n) is 3.77. The van der Waals surface area contributed by atoms with Crippen LogP contribution in [-0.2, 0) is 0 Å². The Hall–Kier alpha value is -2.63. The molecule has 0 aliphatic heterocycles. The van der Waals surface area contributed by atoms with E-state index in [1.807, 2.05) is 0 Å². The first-order valence-electron chi connectivity index (χ1n) is 5.44. The summed E-state index contributed by atoms with van der Waals surface area (Å²) < 4.78 is 31.6. The van der Waals surface area contributed by atoms with E-state index in [1.54, 1.807) is 24.5 Å². The third-order valence-electron chi connectivity index (χ3n) is 2.53. The first-order chi connectivity index (χ1) is 9.25. The number of hydrogen-bond donors (Lipinski definition) is 0. The Morgan fingerprint density at radius 2 is 1.95 bits per heavy atom. The molecule has 0 spiro atoms. The lowest BCUT2D eigenvalue weighted by Crippen LogP contribution is -1.89. The van der Waals surface area contributed by atoms with Crippen molar-refractivity contribution in [1.82, 2.24) is 15.1 Å². The van der Waals surface area contributed by atoms with Gasteiger partial charge < -0.3 is 4.52 Å². The van der Waals surface area contributed by atoms with Crippen molar-refractivity contribution >= 4 is 0 Å². The van der Waals surface area contributed by atoms with Crippen molar-refractivity contribution in [3.63, 3.8) is 0 Å². The number of hydrogen-bond acceptors (Lipinski definition) is 4. The molecular weight excluding hydrogens is 252 g/mol. The second kappa shape index (κ2) is 4.56. The first-order valence-corrected chi connectivity index (χ1v) is 5.44. The Balaban J connectivity index is 2.05. The molecule has 0 N–H and O–H groups in total. The summed E-state index contributed by atoms with van der Waals surface area (Å²) in [4.78, 5) is 7.95. The summed E-state index contributed by atoms with van der Waals surface area (Å²) in [5.74, 6) is -1.77. The molecule has 2 aromatic heterocycles. The fourth-order valence-electron chi connectivity index (χ4n) is 1.61. The van der Waals surface area contributed by atoms with Crippen molar-refractivity contribution in [3.8, 4) is 22.8 Å². The third kappa shape index (κ3) is 2.08. The third-order valence-corrected chi connectivity index (χ3v) is 2.53. The van der Waals surface area contributed by atoms with Gasteiger partial charge in [0, 0.05) is 18.0 Å². The number of aromatic nitrogens is 3. The molecule has 0 unspecified atom stereocenters. The van der Waals surface area contributed by atoms with Crippen LogP contribution in [0.4, 0.5) is 8.78 Å². The molecule has 0 saturated heterocycles. The molecule has 0 radical (unpaired) electrons. The minimum Gasteiger partial charge on any atom is -0.334 e. The highest BCUT2D eigenvalue weighted by Gasteiger charge is 2.16. The van der Waals surface area contributed by atoms with Crippen LogP contribution in [-0.4, -0.2) is 15.1 Å². The summed E-state index contributed by atoms with van der Waals surface area (Å²) in [5, 5.41) is 3.72. The van der Waals surface area contributed by atoms with Crippen molar-refractivity contribution in [2.24, 2.45) is 0 Å². The Bertz CT molecular complexity index is 713. The molecule has 94 valence electrons. The van der Waals surface area contributed by atoms with Crippen molar-refractivity contribution in [2.45, 2.75) is 0 Å². The molecule has 0 atom stereocenters. The van der Waals surface area contributed by atoms with E-state index in [0.717, 1.165) is 6.07 Å². The van der Waals surface area contributed by atoms with Gasteiger partial charge in [0.05, 0.1) is 5.56 Å². The van der Waals surface area contributed by atoms with Crippen molar-refractivity contribution < 1.29 is 13.3 Å². The van der Waals surface area contributed by atoms with Crippen LogP contribution in [0.15, 0.2) is 47.2 Å². The lowest BCUT2D eigenvalue weighted by Gasteiger charge is -1.97. The van der Waals surface area contributed by atoms with E-state index < -0.39 is 11.6 Å². The van der Waals surface area contributed by atoms with E-state index in [-0.39, 0.29) is 17.3 Å². The fraction of sp³-hybridized carbons (Fsp3) is 0. The molecular formula is C13H7F2N3O. The lowest BCUT2D eigenvalue weighted by atomic mass is 10.2. The lowest BCUT2D eigenvalue weighted by molar-refractivity contribution is 0.427. The van der Waals surface area contributed by atoms with Crippen LogP contribution in [0, 0.1) is 11.6 Å². The van der Waals surface area contributed by atoms with E-state index in [1.165, 1.54) is 12.1 Å². The molecule has 6 heteroatoms. The van der Waals surface area contributed by atoms with Crippen LogP contribution in [0.3, 0.4) is 0 Å². The highest BCUT2D eigenvalue weighted by Crippen LogP contribution is 2.25. The Kier molecular flexibility index (Phi) is 2.75. The van der Waals surface area contributed by atoms with Crippen LogP contribution in [0.5, 0.6) is 0 Å². The van der Waals surface area contributed by atoms with Gasteiger partial charge in [0.1, 0.15) is 0 Å². The van der Waals surface area contributed by atoms with Crippen LogP contribution in [0.2, 0.25) is 0 Å². The highest BCUT2D eigenvalue weighted by molar-refractivity contribution is 5.59. The quantitative estimate of drug-likeness (QED) is 0.709. The number of benzene rings is 1. The summed E-state index contributed by atoms with van der Waals surface area (Å²) in [6, 6.07) is 7.23. The predicted octanol–water partition coefficient (Wildman–Crippen LogP) is 3.08. The molecule has 4 nitrogen and oxygen atoms in total. The standard InChI is InChI=1S/C13H7F2N3O/c14-10-5-1-4-9(11(10)15)13-17-12(18-19-13)8-3-2-6-16-7-8/h1-7H. The van der Waals surface area contributed by atoms with Crippen molar-refractivity contribution in [2.75, 3.05) is 0 Å². The summed E-state index contributed by atoms with van der Waals surface area (Å²) in [5.41, 5.74) is 0.567. The molecule has 3 aromatic rings. The van der Waals surface area contributed by atoms with E-state index in [9.17, 15) is 8.78 Å². The summed E-state index contributed by atoms with van der Waals surface area (Å²) in [6.45, 7) is 0. The van der Waals surface area contributed by atoms with Gasteiger partial charge in [-0.05, 0) is 24.3 Å². The zero-order chi connectivity index (χ0) is 13.2. The summed E-state index contributed by atoms with van der Waals surface area (Å²) in [6.07, 6.45) is 3.16. The van der Waals surface area contributed by atoms with E-state index in [0.29, 0.717) is 5.56 Å². The maximum atomic E-state index is 13.6.